The third-order valence-corrected chi connectivity index (χ3v) is 9.65. The molecule has 2 saturated carbocycles. The van der Waals surface area contributed by atoms with Crippen LogP contribution in [0.5, 0.6) is 0 Å². The first-order valence-corrected chi connectivity index (χ1v) is 18.5. The maximum atomic E-state index is 14.4. The zero-order valence-electron chi connectivity index (χ0n) is 30.7. The molecule has 278 valence electrons. The van der Waals surface area contributed by atoms with Gasteiger partial charge in [0.25, 0.3) is 0 Å². The molecule has 0 aromatic heterocycles. The Kier molecular flexibility index (Phi) is 18.3. The van der Waals surface area contributed by atoms with E-state index < -0.39 is 42.2 Å². The molecular formula is C36H65F2N5O5. The summed E-state index contributed by atoms with van der Waals surface area (Å²) in [5.74, 6) is -2.62. The van der Waals surface area contributed by atoms with Gasteiger partial charge in [-0.05, 0) is 69.6 Å². The van der Waals surface area contributed by atoms with Gasteiger partial charge in [0.1, 0.15) is 12.3 Å². The van der Waals surface area contributed by atoms with Crippen LogP contribution in [0.4, 0.5) is 8.78 Å². The predicted molar refractivity (Wildman–Crippen MR) is 184 cm³/mol. The van der Waals surface area contributed by atoms with Crippen LogP contribution in [0.3, 0.4) is 0 Å². The van der Waals surface area contributed by atoms with E-state index >= 15 is 0 Å². The lowest BCUT2D eigenvalue weighted by Gasteiger charge is -2.38. The van der Waals surface area contributed by atoms with Gasteiger partial charge < -0.3 is 20.2 Å². The minimum Gasteiger partial charge on any atom is -0.390 e. The number of rotatable bonds is 19. The first kappa shape index (κ1) is 41.8. The van der Waals surface area contributed by atoms with Crippen molar-refractivity contribution < 1.29 is 33.1 Å². The minimum absolute atomic E-state index is 0.0239. The Morgan fingerprint density at radius 2 is 1.35 bits per heavy atom. The molecule has 3 N–H and O–H groups in total. The van der Waals surface area contributed by atoms with Gasteiger partial charge in [0.15, 0.2) is 0 Å². The molecule has 7 unspecified atom stereocenters. The fourth-order valence-electron chi connectivity index (χ4n) is 7.37. The minimum atomic E-state index is -1.29. The summed E-state index contributed by atoms with van der Waals surface area (Å²) in [6.45, 7) is 11.7. The van der Waals surface area contributed by atoms with Crippen LogP contribution < -0.4 is 10.7 Å². The van der Waals surface area contributed by atoms with E-state index in [4.69, 9.17) is 0 Å². The fraction of sp³-hybridized carbons (Fsp3) is 0.889. The van der Waals surface area contributed by atoms with E-state index in [2.05, 4.69) is 10.7 Å². The molecule has 0 aromatic rings. The highest BCUT2D eigenvalue weighted by Crippen LogP contribution is 2.37. The zero-order chi connectivity index (χ0) is 36.0. The van der Waals surface area contributed by atoms with E-state index in [1.807, 2.05) is 39.5 Å². The van der Waals surface area contributed by atoms with Gasteiger partial charge >= 0.3 is 0 Å². The third kappa shape index (κ3) is 13.9. The standard InChI is InChI=1S/C36H65F2N5O5/c1-8-11-14-43(40-33(45)15-24(4)5)23-32(44)31(18-25-16-29(37)22-30(38)17-25)39-34(46)26-19-27(35(47)41(6)7)21-28(20-26)36(48)42(12-9-2)13-10-3/h24-32,44H,8-23H2,1-7H3,(H,39,46)(H,40,45). The van der Waals surface area contributed by atoms with Crippen LogP contribution in [0.25, 0.3) is 0 Å². The van der Waals surface area contributed by atoms with Crippen molar-refractivity contribution in [2.45, 2.75) is 136 Å². The molecule has 0 heterocycles. The number of aliphatic hydroxyl groups is 1. The number of hydrogen-bond acceptors (Lipinski definition) is 6. The summed E-state index contributed by atoms with van der Waals surface area (Å²) < 4.78 is 28.9. The van der Waals surface area contributed by atoms with E-state index in [-0.39, 0.29) is 80.5 Å². The number of hydrogen-bond donors (Lipinski definition) is 3. The van der Waals surface area contributed by atoms with Gasteiger partial charge in [-0.3, -0.25) is 24.6 Å². The molecule has 2 rings (SSSR count). The lowest BCUT2D eigenvalue weighted by molar-refractivity contribution is -0.143. The number of nitrogens with one attached hydrogen (secondary N) is 2. The van der Waals surface area contributed by atoms with E-state index in [0.29, 0.717) is 32.5 Å². The number of nitrogens with zero attached hydrogens (tertiary/aromatic N) is 3. The number of halogens is 2. The van der Waals surface area contributed by atoms with Gasteiger partial charge in [-0.1, -0.05) is 41.0 Å². The second-order valence-corrected chi connectivity index (χ2v) is 15.0. The first-order valence-electron chi connectivity index (χ1n) is 18.5. The van der Waals surface area contributed by atoms with Gasteiger partial charge in [-0.25, -0.2) is 13.8 Å². The molecule has 0 aliphatic heterocycles. The van der Waals surface area contributed by atoms with Crippen molar-refractivity contribution in [1.29, 1.82) is 0 Å². The molecule has 2 aliphatic carbocycles. The maximum absolute atomic E-state index is 14.4. The Morgan fingerprint density at radius 3 is 1.88 bits per heavy atom. The first-order chi connectivity index (χ1) is 22.7. The summed E-state index contributed by atoms with van der Waals surface area (Å²) in [5.41, 5.74) is 2.90. The molecule has 0 bridgehead atoms. The average Bonchev–Trinajstić information content (AvgIpc) is 3.01. The van der Waals surface area contributed by atoms with Crippen molar-refractivity contribution in [3.63, 3.8) is 0 Å². The fourth-order valence-corrected chi connectivity index (χ4v) is 7.37. The highest BCUT2D eigenvalue weighted by molar-refractivity contribution is 5.86. The van der Waals surface area contributed by atoms with Crippen LogP contribution in [0.1, 0.15) is 112 Å². The van der Waals surface area contributed by atoms with Crippen molar-refractivity contribution in [2.24, 2.45) is 29.6 Å². The second kappa shape index (κ2) is 21.0. The predicted octanol–water partition coefficient (Wildman–Crippen LogP) is 4.65. The molecule has 4 amide bonds. The molecule has 2 aliphatic rings. The van der Waals surface area contributed by atoms with Crippen LogP contribution in [-0.4, -0.2) is 108 Å². The smallest absolute Gasteiger partial charge is 0.234 e. The number of aliphatic hydroxyl groups excluding tert-OH is 1. The lowest BCUT2D eigenvalue weighted by Crippen LogP contribution is -2.55. The third-order valence-electron chi connectivity index (χ3n) is 9.65. The molecule has 0 spiro atoms. The van der Waals surface area contributed by atoms with Crippen molar-refractivity contribution in [3.8, 4) is 0 Å². The summed E-state index contributed by atoms with van der Waals surface area (Å²) in [4.78, 5) is 57.0. The van der Waals surface area contributed by atoms with Gasteiger partial charge in [0.2, 0.25) is 23.6 Å². The Bertz CT molecular complexity index is 1000. The van der Waals surface area contributed by atoms with E-state index in [0.717, 1.165) is 25.7 Å². The molecule has 10 nitrogen and oxygen atoms in total. The molecule has 2 fully saturated rings. The summed E-state index contributed by atoms with van der Waals surface area (Å²) >= 11 is 0. The van der Waals surface area contributed by atoms with Crippen LogP contribution in [0, 0.1) is 29.6 Å². The highest BCUT2D eigenvalue weighted by Gasteiger charge is 2.42. The Balaban J connectivity index is 2.34. The van der Waals surface area contributed by atoms with Crippen LogP contribution in [0.2, 0.25) is 0 Å². The van der Waals surface area contributed by atoms with E-state index in [1.165, 1.54) is 4.90 Å². The Labute approximate surface area is 288 Å². The van der Waals surface area contributed by atoms with Crippen molar-refractivity contribution in [1.82, 2.24) is 25.6 Å². The van der Waals surface area contributed by atoms with E-state index in [9.17, 15) is 33.1 Å². The Morgan fingerprint density at radius 1 is 0.792 bits per heavy atom. The molecule has 48 heavy (non-hydrogen) atoms. The summed E-state index contributed by atoms with van der Waals surface area (Å²) in [5, 5.41) is 16.3. The van der Waals surface area contributed by atoms with Gasteiger partial charge in [-0.15, -0.1) is 0 Å². The quantitative estimate of drug-likeness (QED) is 0.170. The topological polar surface area (TPSA) is 122 Å². The average molecular weight is 686 g/mol. The number of alkyl halides is 2. The largest absolute Gasteiger partial charge is 0.390 e. The molecule has 0 aromatic carbocycles. The SMILES string of the molecule is CCCCN(CC(O)C(CC1CC(F)CC(F)C1)NC(=O)C1CC(C(=O)N(C)C)CC(C(=O)N(CCC)CCC)C1)NC(=O)CC(C)C. The summed E-state index contributed by atoms with van der Waals surface area (Å²) in [6, 6.07) is -0.845. The van der Waals surface area contributed by atoms with Gasteiger partial charge in [0, 0.05) is 70.9 Å². The molecule has 0 radical (unpaired) electrons. The van der Waals surface area contributed by atoms with Gasteiger partial charge in [0.05, 0.1) is 12.1 Å². The van der Waals surface area contributed by atoms with Crippen LogP contribution in [-0.2, 0) is 19.2 Å². The number of amides is 4. The van der Waals surface area contributed by atoms with Crippen LogP contribution in [0.15, 0.2) is 0 Å². The number of unbranched alkanes of at least 4 members (excludes halogenated alkanes) is 1. The zero-order valence-corrected chi connectivity index (χ0v) is 30.7. The molecule has 12 heteroatoms. The monoisotopic (exact) mass is 685 g/mol. The molecule has 0 saturated heterocycles. The van der Waals surface area contributed by atoms with Crippen molar-refractivity contribution in [3.05, 3.63) is 0 Å². The maximum Gasteiger partial charge on any atom is 0.234 e. The summed E-state index contributed by atoms with van der Waals surface area (Å²) in [7, 11) is 3.33. The highest BCUT2D eigenvalue weighted by atomic mass is 19.1. The normalized spacial score (nSPS) is 25.8. The molecule has 7 atom stereocenters. The van der Waals surface area contributed by atoms with Crippen LogP contribution >= 0.6 is 0 Å². The Hall–Kier alpha value is -2.34. The number of carbonyl (C=O) groups is 4. The molecular weight excluding hydrogens is 620 g/mol. The number of hydrazine groups is 1. The summed E-state index contributed by atoms with van der Waals surface area (Å²) in [6.07, 6.45) is 1.08. The van der Waals surface area contributed by atoms with E-state index in [1.54, 1.807) is 19.1 Å². The lowest BCUT2D eigenvalue weighted by atomic mass is 9.73. The van der Waals surface area contributed by atoms with Gasteiger partial charge in [-0.2, -0.15) is 0 Å². The van der Waals surface area contributed by atoms with Crippen molar-refractivity contribution in [2.75, 3.05) is 40.3 Å². The number of carbonyl (C=O) groups excluding carboxylic acids is 4. The van der Waals surface area contributed by atoms with Crippen molar-refractivity contribution >= 4 is 23.6 Å². The second-order valence-electron chi connectivity index (χ2n) is 15.0.